The lowest BCUT2D eigenvalue weighted by atomic mass is 10.1. The summed E-state index contributed by atoms with van der Waals surface area (Å²) in [4.78, 5) is 12.8. The van der Waals surface area contributed by atoms with Gasteiger partial charge in [0.15, 0.2) is 5.82 Å². The minimum absolute atomic E-state index is 0.0870. The van der Waals surface area contributed by atoms with Crippen molar-refractivity contribution in [3.63, 3.8) is 0 Å². The van der Waals surface area contributed by atoms with Gasteiger partial charge in [0.2, 0.25) is 0 Å². The minimum Gasteiger partial charge on any atom is -0.296 e. The van der Waals surface area contributed by atoms with Gasteiger partial charge < -0.3 is 0 Å². The Morgan fingerprint density at radius 1 is 1.33 bits per heavy atom. The van der Waals surface area contributed by atoms with Crippen LogP contribution in [-0.4, -0.2) is 10.1 Å². The SMILES string of the molecule is O=c1[nH]c(Cc2c(F)cccc2F)no1. The van der Waals surface area contributed by atoms with E-state index < -0.39 is 17.4 Å². The van der Waals surface area contributed by atoms with Crippen molar-refractivity contribution < 1.29 is 13.3 Å². The lowest BCUT2D eigenvalue weighted by Gasteiger charge is -2.00. The van der Waals surface area contributed by atoms with Crippen molar-refractivity contribution in [2.75, 3.05) is 0 Å². The van der Waals surface area contributed by atoms with Crippen LogP contribution in [0.4, 0.5) is 8.78 Å². The minimum atomic E-state index is -0.748. The van der Waals surface area contributed by atoms with E-state index in [1.807, 2.05) is 0 Å². The fourth-order valence-corrected chi connectivity index (χ4v) is 1.21. The van der Waals surface area contributed by atoms with Gasteiger partial charge in [-0.15, -0.1) is 0 Å². The molecule has 0 bridgehead atoms. The van der Waals surface area contributed by atoms with Crippen LogP contribution in [0.25, 0.3) is 0 Å². The van der Waals surface area contributed by atoms with Crippen LogP contribution in [-0.2, 0) is 6.42 Å². The molecule has 1 aromatic heterocycles. The van der Waals surface area contributed by atoms with Crippen LogP contribution >= 0.6 is 0 Å². The third kappa shape index (κ3) is 1.93. The molecule has 0 atom stereocenters. The molecule has 78 valence electrons. The maximum absolute atomic E-state index is 13.2. The molecule has 2 aromatic rings. The van der Waals surface area contributed by atoms with Crippen LogP contribution in [0.1, 0.15) is 11.4 Å². The standard InChI is InChI=1S/C9H6F2N2O2/c10-6-2-1-3-7(11)5(6)4-8-12-9(14)15-13-8/h1-3H,4H2,(H,12,13,14). The van der Waals surface area contributed by atoms with Crippen LogP contribution < -0.4 is 5.76 Å². The molecule has 1 N–H and O–H groups in total. The second-order valence-electron chi connectivity index (χ2n) is 2.92. The molecule has 0 aliphatic carbocycles. The van der Waals surface area contributed by atoms with E-state index in [0.29, 0.717) is 0 Å². The maximum atomic E-state index is 13.2. The summed E-state index contributed by atoms with van der Waals surface area (Å²) in [6.45, 7) is 0. The van der Waals surface area contributed by atoms with E-state index in [2.05, 4.69) is 14.7 Å². The van der Waals surface area contributed by atoms with E-state index >= 15 is 0 Å². The average molecular weight is 212 g/mol. The summed E-state index contributed by atoms with van der Waals surface area (Å²) in [7, 11) is 0. The normalized spacial score (nSPS) is 10.5. The van der Waals surface area contributed by atoms with Gasteiger partial charge in [-0.2, -0.15) is 0 Å². The Morgan fingerprint density at radius 2 is 2.00 bits per heavy atom. The van der Waals surface area contributed by atoms with Gasteiger partial charge in [-0.1, -0.05) is 11.2 Å². The number of aromatic nitrogens is 2. The van der Waals surface area contributed by atoms with Gasteiger partial charge in [-0.05, 0) is 12.1 Å². The van der Waals surface area contributed by atoms with Gasteiger partial charge in [-0.3, -0.25) is 9.51 Å². The number of rotatable bonds is 2. The lowest BCUT2D eigenvalue weighted by molar-refractivity contribution is 0.381. The van der Waals surface area contributed by atoms with Crippen molar-refractivity contribution in [1.29, 1.82) is 0 Å². The third-order valence-corrected chi connectivity index (χ3v) is 1.89. The predicted octanol–water partition coefficient (Wildman–Crippen LogP) is 1.23. The van der Waals surface area contributed by atoms with Gasteiger partial charge in [-0.25, -0.2) is 13.6 Å². The van der Waals surface area contributed by atoms with Crippen molar-refractivity contribution >= 4 is 0 Å². The molecule has 6 heteroatoms. The van der Waals surface area contributed by atoms with E-state index in [-0.39, 0.29) is 17.8 Å². The Balaban J connectivity index is 2.35. The number of hydrogen-bond acceptors (Lipinski definition) is 3. The predicted molar refractivity (Wildman–Crippen MR) is 46.3 cm³/mol. The first-order valence-corrected chi connectivity index (χ1v) is 4.14. The van der Waals surface area contributed by atoms with Gasteiger partial charge in [0.25, 0.3) is 0 Å². The van der Waals surface area contributed by atoms with Crippen LogP contribution in [0, 0.1) is 11.6 Å². The number of halogens is 2. The van der Waals surface area contributed by atoms with Crippen molar-refractivity contribution in [2.45, 2.75) is 6.42 Å². The molecule has 1 aromatic carbocycles. The monoisotopic (exact) mass is 212 g/mol. The fourth-order valence-electron chi connectivity index (χ4n) is 1.21. The van der Waals surface area contributed by atoms with Crippen LogP contribution in [0.15, 0.2) is 27.5 Å². The molecule has 0 aliphatic rings. The number of benzene rings is 1. The lowest BCUT2D eigenvalue weighted by Crippen LogP contribution is -2.01. The zero-order valence-electron chi connectivity index (χ0n) is 7.46. The van der Waals surface area contributed by atoms with Crippen LogP contribution in [0.5, 0.6) is 0 Å². The van der Waals surface area contributed by atoms with Gasteiger partial charge >= 0.3 is 5.76 Å². The highest BCUT2D eigenvalue weighted by molar-refractivity contribution is 5.22. The molecule has 0 saturated heterocycles. The summed E-state index contributed by atoms with van der Waals surface area (Å²) < 4.78 is 30.5. The Morgan fingerprint density at radius 3 is 2.53 bits per heavy atom. The molecule has 0 aliphatic heterocycles. The summed E-state index contributed by atoms with van der Waals surface area (Å²) in [6.07, 6.45) is -0.149. The third-order valence-electron chi connectivity index (χ3n) is 1.89. The maximum Gasteiger partial charge on any atom is 0.438 e. The molecule has 0 amide bonds. The molecule has 0 radical (unpaired) electrons. The highest BCUT2D eigenvalue weighted by Crippen LogP contribution is 2.14. The highest BCUT2D eigenvalue weighted by atomic mass is 19.1. The molecule has 0 unspecified atom stereocenters. The average Bonchev–Trinajstić information content (AvgIpc) is 2.58. The van der Waals surface area contributed by atoms with Crippen molar-refractivity contribution in [1.82, 2.24) is 10.1 Å². The Labute approximate surface area is 82.5 Å². The first kappa shape index (κ1) is 9.57. The van der Waals surface area contributed by atoms with Gasteiger partial charge in [0, 0.05) is 12.0 Å². The van der Waals surface area contributed by atoms with E-state index in [1.165, 1.54) is 6.07 Å². The molecule has 2 rings (SSSR count). The quantitative estimate of drug-likeness (QED) is 0.814. The summed E-state index contributed by atoms with van der Waals surface area (Å²) in [5.74, 6) is -2.02. The largest absolute Gasteiger partial charge is 0.438 e. The molecule has 0 spiro atoms. The van der Waals surface area contributed by atoms with Gasteiger partial charge in [0.05, 0.1) is 0 Å². The highest BCUT2D eigenvalue weighted by Gasteiger charge is 2.11. The summed E-state index contributed by atoms with van der Waals surface area (Å²) in [5, 5.41) is 3.32. The smallest absolute Gasteiger partial charge is 0.296 e. The number of aromatic amines is 1. The second-order valence-corrected chi connectivity index (χ2v) is 2.92. The van der Waals surface area contributed by atoms with E-state index in [9.17, 15) is 13.6 Å². The number of nitrogens with zero attached hydrogens (tertiary/aromatic N) is 1. The molecule has 15 heavy (non-hydrogen) atoms. The van der Waals surface area contributed by atoms with E-state index in [4.69, 9.17) is 0 Å². The summed E-state index contributed by atoms with van der Waals surface area (Å²) >= 11 is 0. The van der Waals surface area contributed by atoms with Crippen LogP contribution in [0.2, 0.25) is 0 Å². The van der Waals surface area contributed by atoms with E-state index in [0.717, 1.165) is 12.1 Å². The Kier molecular flexibility index (Phi) is 2.32. The fraction of sp³-hybridized carbons (Fsp3) is 0.111. The summed E-state index contributed by atoms with van der Waals surface area (Å²) in [6, 6.07) is 3.53. The molecule has 0 fully saturated rings. The number of nitrogens with one attached hydrogen (secondary N) is 1. The van der Waals surface area contributed by atoms with Crippen LogP contribution in [0.3, 0.4) is 0 Å². The van der Waals surface area contributed by atoms with Crippen molar-refractivity contribution in [3.05, 3.63) is 51.8 Å². The number of H-pyrrole nitrogens is 1. The summed E-state index contributed by atoms with van der Waals surface area (Å²) in [5.41, 5.74) is -0.151. The van der Waals surface area contributed by atoms with E-state index in [1.54, 1.807) is 0 Å². The van der Waals surface area contributed by atoms with Crippen molar-refractivity contribution in [3.8, 4) is 0 Å². The Hall–Kier alpha value is -1.98. The molecule has 1 heterocycles. The first-order valence-electron chi connectivity index (χ1n) is 4.14. The topological polar surface area (TPSA) is 58.9 Å². The molecule has 4 nitrogen and oxygen atoms in total. The zero-order valence-corrected chi connectivity index (χ0v) is 7.46. The Bertz CT molecular complexity index is 513. The van der Waals surface area contributed by atoms with Crippen molar-refractivity contribution in [2.24, 2.45) is 0 Å². The molecule has 0 saturated carbocycles. The zero-order chi connectivity index (χ0) is 10.8. The first-order chi connectivity index (χ1) is 7.16. The second kappa shape index (κ2) is 3.64. The molecular formula is C9H6F2N2O2. The molecular weight excluding hydrogens is 206 g/mol. The number of hydrogen-bond donors (Lipinski definition) is 1. The van der Waals surface area contributed by atoms with Gasteiger partial charge in [0.1, 0.15) is 11.6 Å².